The van der Waals surface area contributed by atoms with Gasteiger partial charge >= 0.3 is 11.9 Å². The molecule has 0 spiro atoms. The molecule has 0 aromatic carbocycles. The average Bonchev–Trinajstić information content (AvgIpc) is 2.25. The summed E-state index contributed by atoms with van der Waals surface area (Å²) in [5.41, 5.74) is -0.181. The number of nitrogens with one attached hydrogen (secondary N) is 2. The second-order valence-electron chi connectivity index (χ2n) is 4.54. The highest BCUT2D eigenvalue weighted by Gasteiger charge is 2.16. The van der Waals surface area contributed by atoms with Crippen LogP contribution in [0.15, 0.2) is 18.3 Å². The fraction of sp³-hybridized carbons (Fsp3) is 0.455. The fourth-order valence-electron chi connectivity index (χ4n) is 1.05. The largest absolute Gasteiger partial charge is 0.444 e. The van der Waals surface area contributed by atoms with Gasteiger partial charge in [0, 0.05) is 11.9 Å². The van der Waals surface area contributed by atoms with Gasteiger partial charge in [-0.2, -0.15) is 8.78 Å². The maximum atomic E-state index is 11.9. The van der Waals surface area contributed by atoms with Crippen LogP contribution in [0.4, 0.5) is 25.1 Å². The van der Waals surface area contributed by atoms with Crippen molar-refractivity contribution in [2.24, 2.45) is 0 Å². The highest BCUT2D eigenvalue weighted by molar-refractivity contribution is 8.00. The van der Waals surface area contributed by atoms with Gasteiger partial charge in [-0.1, -0.05) is 0 Å². The molecule has 106 valence electrons. The summed E-state index contributed by atoms with van der Waals surface area (Å²) in [6, 6.07) is 3.01. The van der Waals surface area contributed by atoms with Gasteiger partial charge in [-0.15, -0.1) is 0 Å². The maximum absolute atomic E-state index is 11.9. The Morgan fingerprint density at radius 1 is 1.42 bits per heavy atom. The molecule has 0 saturated carbocycles. The molecule has 0 atom stereocenters. The SMILES string of the molecule is CC(C)(C)OC(=O)Nc1ccc(NSC(F)F)cn1. The second-order valence-corrected chi connectivity index (χ2v) is 5.34. The molecule has 2 N–H and O–H groups in total. The zero-order chi connectivity index (χ0) is 14.5. The Bertz CT molecular complexity index is 421. The van der Waals surface area contributed by atoms with Crippen LogP contribution in [0.3, 0.4) is 0 Å². The van der Waals surface area contributed by atoms with Gasteiger partial charge in [0.1, 0.15) is 11.4 Å². The summed E-state index contributed by atoms with van der Waals surface area (Å²) in [6.07, 6.45) is 0.713. The van der Waals surface area contributed by atoms with Crippen molar-refractivity contribution in [1.82, 2.24) is 4.98 Å². The van der Waals surface area contributed by atoms with E-state index in [2.05, 4.69) is 15.0 Å². The van der Waals surface area contributed by atoms with E-state index in [0.29, 0.717) is 5.69 Å². The van der Waals surface area contributed by atoms with Gasteiger partial charge in [0.15, 0.2) is 0 Å². The summed E-state index contributed by atoms with van der Waals surface area (Å²) in [6.45, 7) is 5.23. The Morgan fingerprint density at radius 3 is 2.58 bits per heavy atom. The van der Waals surface area contributed by atoms with Crippen LogP contribution in [0.25, 0.3) is 0 Å². The van der Waals surface area contributed by atoms with Crippen molar-refractivity contribution >= 4 is 29.5 Å². The summed E-state index contributed by atoms with van der Waals surface area (Å²) in [5, 5.41) is 2.44. The Balaban J connectivity index is 2.50. The number of anilines is 2. The van der Waals surface area contributed by atoms with Crippen LogP contribution in [-0.4, -0.2) is 22.4 Å². The molecule has 0 aliphatic rings. The van der Waals surface area contributed by atoms with Crippen molar-refractivity contribution in [3.8, 4) is 0 Å². The van der Waals surface area contributed by atoms with E-state index in [1.165, 1.54) is 18.3 Å². The molecular weight excluding hydrogens is 276 g/mol. The van der Waals surface area contributed by atoms with Crippen LogP contribution in [0.2, 0.25) is 0 Å². The molecule has 5 nitrogen and oxygen atoms in total. The highest BCUT2D eigenvalue weighted by atomic mass is 32.2. The van der Waals surface area contributed by atoms with E-state index in [4.69, 9.17) is 4.74 Å². The van der Waals surface area contributed by atoms with E-state index < -0.39 is 17.5 Å². The zero-order valence-electron chi connectivity index (χ0n) is 10.7. The molecule has 0 unspecified atom stereocenters. The fourth-order valence-corrected chi connectivity index (χ4v) is 1.39. The van der Waals surface area contributed by atoms with Crippen LogP contribution >= 0.6 is 11.9 Å². The number of pyridine rings is 1. The smallest absolute Gasteiger partial charge is 0.413 e. The predicted octanol–water partition coefficient (Wildman–Crippen LogP) is 3.71. The van der Waals surface area contributed by atoms with Gasteiger partial charge in [-0.3, -0.25) is 5.32 Å². The number of hydrogen-bond acceptors (Lipinski definition) is 5. The van der Waals surface area contributed by atoms with Crippen LogP contribution in [0, 0.1) is 0 Å². The standard InChI is InChI=1S/C11H15F2N3O2S/c1-11(2,3)18-10(17)15-8-5-4-7(6-14-8)16-19-9(12)13/h4-6,9,16H,1-3H3,(H,14,15,17). The van der Waals surface area contributed by atoms with Crippen molar-refractivity contribution in [3.05, 3.63) is 18.3 Å². The third kappa shape index (κ3) is 6.80. The van der Waals surface area contributed by atoms with E-state index in [9.17, 15) is 13.6 Å². The van der Waals surface area contributed by atoms with Gasteiger partial charge in [0.05, 0.1) is 11.9 Å². The lowest BCUT2D eigenvalue weighted by atomic mass is 10.2. The van der Waals surface area contributed by atoms with E-state index in [1.54, 1.807) is 20.8 Å². The number of rotatable bonds is 4. The van der Waals surface area contributed by atoms with E-state index in [-0.39, 0.29) is 17.8 Å². The molecule has 19 heavy (non-hydrogen) atoms. The van der Waals surface area contributed by atoms with Crippen molar-refractivity contribution < 1.29 is 18.3 Å². The molecule has 0 fully saturated rings. The average molecular weight is 291 g/mol. The Kier molecular flexibility index (Phi) is 5.34. The number of carbonyl (C=O) groups excluding carboxylic acids is 1. The van der Waals surface area contributed by atoms with Gasteiger partial charge in [-0.25, -0.2) is 9.78 Å². The second kappa shape index (κ2) is 6.55. The lowest BCUT2D eigenvalue weighted by Gasteiger charge is -2.19. The quantitative estimate of drug-likeness (QED) is 0.828. The zero-order valence-corrected chi connectivity index (χ0v) is 11.6. The normalized spacial score (nSPS) is 11.3. The van der Waals surface area contributed by atoms with Crippen LogP contribution in [0.5, 0.6) is 0 Å². The van der Waals surface area contributed by atoms with Gasteiger partial charge < -0.3 is 9.46 Å². The minimum atomic E-state index is -2.51. The minimum absolute atomic E-state index is 0.277. The van der Waals surface area contributed by atoms with Crippen LogP contribution in [0.1, 0.15) is 20.8 Å². The van der Waals surface area contributed by atoms with Crippen molar-refractivity contribution in [2.45, 2.75) is 32.1 Å². The highest BCUT2D eigenvalue weighted by Crippen LogP contribution is 2.18. The molecule has 0 radical (unpaired) electrons. The summed E-state index contributed by atoms with van der Waals surface area (Å²) in [5.74, 6) is -2.23. The topological polar surface area (TPSA) is 63.2 Å². The number of alkyl halides is 2. The van der Waals surface area contributed by atoms with Crippen molar-refractivity contribution in [1.29, 1.82) is 0 Å². The third-order valence-corrected chi connectivity index (χ3v) is 2.19. The Morgan fingerprint density at radius 2 is 2.11 bits per heavy atom. The molecule has 0 bridgehead atoms. The molecule has 1 aromatic heterocycles. The maximum Gasteiger partial charge on any atom is 0.413 e. The molecule has 1 rings (SSSR count). The number of nitrogens with zero attached hydrogens (tertiary/aromatic N) is 1. The molecule has 1 aromatic rings. The molecule has 0 saturated heterocycles. The number of amides is 1. The number of halogens is 2. The lowest BCUT2D eigenvalue weighted by Crippen LogP contribution is -2.27. The summed E-state index contributed by atoms with van der Waals surface area (Å²) >= 11 is 0.277. The van der Waals surface area contributed by atoms with E-state index in [1.807, 2.05) is 0 Å². The summed E-state index contributed by atoms with van der Waals surface area (Å²) < 4.78 is 31.3. The number of aromatic nitrogens is 1. The first-order valence-electron chi connectivity index (χ1n) is 5.42. The Labute approximate surface area is 114 Å². The first kappa shape index (κ1) is 15.5. The molecule has 1 amide bonds. The van der Waals surface area contributed by atoms with Crippen molar-refractivity contribution in [3.63, 3.8) is 0 Å². The monoisotopic (exact) mass is 291 g/mol. The molecule has 1 heterocycles. The first-order chi connectivity index (χ1) is 8.76. The molecular formula is C11H15F2N3O2S. The minimum Gasteiger partial charge on any atom is -0.444 e. The van der Waals surface area contributed by atoms with Gasteiger partial charge in [0.25, 0.3) is 0 Å². The van der Waals surface area contributed by atoms with Gasteiger partial charge in [-0.05, 0) is 32.9 Å². The van der Waals surface area contributed by atoms with Crippen LogP contribution in [-0.2, 0) is 4.74 Å². The Hall–Kier alpha value is -1.57. The number of hydrogen-bond donors (Lipinski definition) is 2. The first-order valence-corrected chi connectivity index (χ1v) is 6.30. The van der Waals surface area contributed by atoms with E-state index in [0.717, 1.165) is 0 Å². The summed E-state index contributed by atoms with van der Waals surface area (Å²) in [7, 11) is 0. The van der Waals surface area contributed by atoms with E-state index >= 15 is 0 Å². The number of carbonyl (C=O) groups is 1. The lowest BCUT2D eigenvalue weighted by molar-refractivity contribution is 0.0635. The third-order valence-electron chi connectivity index (χ3n) is 1.66. The van der Waals surface area contributed by atoms with Crippen LogP contribution < -0.4 is 10.0 Å². The predicted molar refractivity (Wildman–Crippen MR) is 71.3 cm³/mol. The molecule has 8 heteroatoms. The number of ether oxygens (including phenoxy) is 1. The molecule has 0 aliphatic heterocycles. The van der Waals surface area contributed by atoms with Gasteiger partial charge in [0.2, 0.25) is 0 Å². The molecule has 0 aliphatic carbocycles. The van der Waals surface area contributed by atoms with Crippen molar-refractivity contribution in [2.75, 3.05) is 10.0 Å². The summed E-state index contributed by atoms with van der Waals surface area (Å²) in [4.78, 5) is 15.3.